The van der Waals surface area contributed by atoms with Gasteiger partial charge in [0.1, 0.15) is 0 Å². The second-order valence-electron chi connectivity index (χ2n) is 6.17. The van der Waals surface area contributed by atoms with Gasteiger partial charge in [-0.15, -0.1) is 0 Å². The highest BCUT2D eigenvalue weighted by atomic mass is 19.3. The summed E-state index contributed by atoms with van der Waals surface area (Å²) in [6, 6.07) is 4.87. The van der Waals surface area contributed by atoms with E-state index in [9.17, 15) is 13.6 Å². The highest BCUT2D eigenvalue weighted by Crippen LogP contribution is 2.33. The van der Waals surface area contributed by atoms with Crippen LogP contribution < -0.4 is 20.1 Å². The number of amides is 1. The number of benzene rings is 1. The van der Waals surface area contributed by atoms with Crippen molar-refractivity contribution in [3.8, 4) is 11.5 Å². The molecule has 0 saturated carbocycles. The van der Waals surface area contributed by atoms with E-state index in [0.29, 0.717) is 24.7 Å². The van der Waals surface area contributed by atoms with Crippen molar-refractivity contribution in [1.29, 1.82) is 0 Å². The smallest absolute Gasteiger partial charge is 0.387 e. The van der Waals surface area contributed by atoms with E-state index in [4.69, 9.17) is 4.74 Å². The van der Waals surface area contributed by atoms with Crippen LogP contribution >= 0.6 is 0 Å². The number of likely N-dealkylation sites (N-methyl/N-ethyl adjacent to an activating group) is 1. The van der Waals surface area contributed by atoms with Gasteiger partial charge in [0.15, 0.2) is 17.5 Å². The Morgan fingerprint density at radius 3 is 2.54 bits per heavy atom. The number of guanidine groups is 1. The number of ether oxygens (including phenoxy) is 2. The molecule has 0 aliphatic carbocycles. The first-order valence-corrected chi connectivity index (χ1v) is 8.80. The summed E-state index contributed by atoms with van der Waals surface area (Å²) in [4.78, 5) is 17.6. The Balaban J connectivity index is 3.03. The van der Waals surface area contributed by atoms with Crippen molar-refractivity contribution in [2.75, 3.05) is 33.8 Å². The summed E-state index contributed by atoms with van der Waals surface area (Å²) >= 11 is 0. The summed E-state index contributed by atoms with van der Waals surface area (Å²) in [5.41, 5.74) is 1.30. The molecule has 2 N–H and O–H groups in total. The van der Waals surface area contributed by atoms with Crippen LogP contribution in [-0.2, 0) is 11.3 Å². The molecule has 1 amide bonds. The fraction of sp³-hybridized carbons (Fsp3) is 0.474. The standard InChI is InChI=1S/C19H28F2N4O3/c1-6-27-15-9-7-8-14(17(15)28-18(20)21)11-23-19(22-10-13(2)3)24-12-16(26)25(4)5/h7-9,18H,2,6,10-12H2,1,3-5H3,(H2,22,23,24). The molecule has 0 heterocycles. The summed E-state index contributed by atoms with van der Waals surface area (Å²) in [6.45, 7) is 5.26. The fourth-order valence-corrected chi connectivity index (χ4v) is 2.07. The lowest BCUT2D eigenvalue weighted by molar-refractivity contribution is -0.127. The van der Waals surface area contributed by atoms with Crippen molar-refractivity contribution in [2.24, 2.45) is 4.99 Å². The maximum atomic E-state index is 12.8. The minimum absolute atomic E-state index is 0.0361. The summed E-state index contributed by atoms with van der Waals surface area (Å²) < 4.78 is 35.7. The molecule has 0 atom stereocenters. The maximum absolute atomic E-state index is 12.8. The molecule has 0 bridgehead atoms. The fourth-order valence-electron chi connectivity index (χ4n) is 2.07. The minimum atomic E-state index is -2.99. The highest BCUT2D eigenvalue weighted by Gasteiger charge is 2.16. The van der Waals surface area contributed by atoms with Crippen LogP contribution in [0.1, 0.15) is 19.4 Å². The zero-order valence-corrected chi connectivity index (χ0v) is 16.7. The first kappa shape index (κ1) is 23.2. The van der Waals surface area contributed by atoms with Crippen LogP contribution in [0.4, 0.5) is 8.78 Å². The number of alkyl halides is 2. The van der Waals surface area contributed by atoms with Crippen molar-refractivity contribution >= 4 is 11.9 Å². The van der Waals surface area contributed by atoms with E-state index in [1.54, 1.807) is 39.2 Å². The van der Waals surface area contributed by atoms with Crippen LogP contribution in [0.5, 0.6) is 11.5 Å². The average molecular weight is 398 g/mol. The number of carbonyl (C=O) groups excluding carboxylic acids is 1. The molecule has 0 fully saturated rings. The third-order valence-electron chi connectivity index (χ3n) is 3.44. The van der Waals surface area contributed by atoms with Gasteiger partial charge in [0.05, 0.1) is 19.7 Å². The number of para-hydroxylation sites is 1. The quantitative estimate of drug-likeness (QED) is 0.360. The van der Waals surface area contributed by atoms with Gasteiger partial charge in [-0.3, -0.25) is 4.79 Å². The van der Waals surface area contributed by atoms with Crippen molar-refractivity contribution in [1.82, 2.24) is 15.5 Å². The number of halogens is 2. The molecule has 7 nitrogen and oxygen atoms in total. The topological polar surface area (TPSA) is 75.2 Å². The summed E-state index contributed by atoms with van der Waals surface area (Å²) in [6.07, 6.45) is 0. The second-order valence-corrected chi connectivity index (χ2v) is 6.17. The lowest BCUT2D eigenvalue weighted by Gasteiger charge is -2.16. The van der Waals surface area contributed by atoms with Gasteiger partial charge >= 0.3 is 6.61 Å². The molecular formula is C19H28F2N4O3. The van der Waals surface area contributed by atoms with Crippen molar-refractivity contribution in [3.63, 3.8) is 0 Å². The normalized spacial score (nSPS) is 11.2. The Labute approximate surface area is 164 Å². The van der Waals surface area contributed by atoms with Crippen LogP contribution in [0.15, 0.2) is 35.3 Å². The monoisotopic (exact) mass is 398 g/mol. The molecule has 0 aromatic heterocycles. The van der Waals surface area contributed by atoms with Gasteiger partial charge < -0.3 is 25.0 Å². The third-order valence-corrected chi connectivity index (χ3v) is 3.44. The number of nitrogens with zero attached hydrogens (tertiary/aromatic N) is 2. The molecule has 156 valence electrons. The van der Waals surface area contributed by atoms with Crippen LogP contribution in [0.2, 0.25) is 0 Å². The molecule has 28 heavy (non-hydrogen) atoms. The number of carbonyl (C=O) groups is 1. The Kier molecular flexibility index (Phi) is 9.76. The Morgan fingerprint density at radius 1 is 1.29 bits per heavy atom. The number of nitrogens with one attached hydrogen (secondary N) is 2. The lowest BCUT2D eigenvalue weighted by atomic mass is 10.2. The molecule has 1 rings (SSSR count). The molecule has 9 heteroatoms. The first-order chi connectivity index (χ1) is 13.2. The van der Waals surface area contributed by atoms with Crippen molar-refractivity contribution < 1.29 is 23.0 Å². The summed E-state index contributed by atoms with van der Waals surface area (Å²) in [5.74, 6) is 0.391. The van der Waals surface area contributed by atoms with Gasteiger partial charge in [-0.2, -0.15) is 8.78 Å². The Bertz CT molecular complexity index is 694. The SMILES string of the molecule is C=C(C)CNC(=NCc1cccc(OCC)c1OC(F)F)NCC(=O)N(C)C. The van der Waals surface area contributed by atoms with Gasteiger partial charge in [-0.1, -0.05) is 24.3 Å². The highest BCUT2D eigenvalue weighted by molar-refractivity contribution is 5.86. The molecule has 1 aromatic carbocycles. The summed E-state index contributed by atoms with van der Waals surface area (Å²) in [7, 11) is 3.30. The molecular weight excluding hydrogens is 370 g/mol. The van der Waals surface area contributed by atoms with E-state index < -0.39 is 6.61 Å². The zero-order valence-electron chi connectivity index (χ0n) is 16.7. The van der Waals surface area contributed by atoms with E-state index in [1.165, 1.54) is 4.90 Å². The van der Waals surface area contributed by atoms with Crippen LogP contribution in [0.3, 0.4) is 0 Å². The first-order valence-electron chi connectivity index (χ1n) is 8.80. The lowest BCUT2D eigenvalue weighted by Crippen LogP contribution is -2.43. The molecule has 0 aliphatic rings. The predicted molar refractivity (Wildman–Crippen MR) is 105 cm³/mol. The predicted octanol–water partition coefficient (Wildman–Crippen LogP) is 2.39. The van der Waals surface area contributed by atoms with Gasteiger partial charge in [-0.05, 0) is 19.9 Å². The molecule has 0 radical (unpaired) electrons. The van der Waals surface area contributed by atoms with Gasteiger partial charge in [-0.25, -0.2) is 4.99 Å². The van der Waals surface area contributed by atoms with Gasteiger partial charge in [0.2, 0.25) is 5.91 Å². The number of hydrogen-bond donors (Lipinski definition) is 2. The van der Waals surface area contributed by atoms with Gasteiger partial charge in [0.25, 0.3) is 0 Å². The van der Waals surface area contributed by atoms with E-state index >= 15 is 0 Å². The number of rotatable bonds is 10. The minimum Gasteiger partial charge on any atom is -0.490 e. The zero-order chi connectivity index (χ0) is 21.1. The van der Waals surface area contributed by atoms with E-state index in [-0.39, 0.29) is 30.5 Å². The molecule has 0 spiro atoms. The molecule has 0 aliphatic heterocycles. The third kappa shape index (κ3) is 8.24. The Hall–Kier alpha value is -2.84. The maximum Gasteiger partial charge on any atom is 0.387 e. The largest absolute Gasteiger partial charge is 0.490 e. The van der Waals surface area contributed by atoms with E-state index in [2.05, 4.69) is 26.9 Å². The van der Waals surface area contributed by atoms with Gasteiger partial charge in [0, 0.05) is 26.2 Å². The van der Waals surface area contributed by atoms with E-state index in [1.807, 2.05) is 6.92 Å². The molecule has 1 aromatic rings. The molecule has 0 saturated heterocycles. The van der Waals surface area contributed by atoms with Crippen LogP contribution in [-0.4, -0.2) is 57.2 Å². The molecule has 0 unspecified atom stereocenters. The van der Waals surface area contributed by atoms with Crippen molar-refractivity contribution in [2.45, 2.75) is 27.0 Å². The van der Waals surface area contributed by atoms with Crippen LogP contribution in [0.25, 0.3) is 0 Å². The van der Waals surface area contributed by atoms with Crippen molar-refractivity contribution in [3.05, 3.63) is 35.9 Å². The number of hydrogen-bond acceptors (Lipinski definition) is 4. The average Bonchev–Trinajstić information content (AvgIpc) is 2.62. The number of aliphatic imine (C=N–C) groups is 1. The summed E-state index contributed by atoms with van der Waals surface area (Å²) in [5, 5.41) is 5.94. The van der Waals surface area contributed by atoms with E-state index in [0.717, 1.165) is 5.57 Å². The van der Waals surface area contributed by atoms with Crippen LogP contribution in [0, 0.1) is 0 Å². The Morgan fingerprint density at radius 2 is 1.96 bits per heavy atom. The second kappa shape index (κ2) is 11.8.